The zero-order valence-electron chi connectivity index (χ0n) is 17.1. The number of halogens is 3. The van der Waals surface area contributed by atoms with E-state index >= 15 is 0 Å². The number of ether oxygens (including phenoxy) is 1. The van der Waals surface area contributed by atoms with E-state index in [0.717, 1.165) is 17.2 Å². The van der Waals surface area contributed by atoms with Crippen LogP contribution in [0.1, 0.15) is 28.8 Å². The van der Waals surface area contributed by atoms with Crippen LogP contribution in [0.4, 0.5) is 19.0 Å². The number of aliphatic carboxylic acids is 1. The molecule has 4 rings (SSSR count). The first-order valence-corrected chi connectivity index (χ1v) is 11.3. The number of hydrogen-bond acceptors (Lipinski definition) is 10. The van der Waals surface area contributed by atoms with Crippen LogP contribution in [0.5, 0.6) is 0 Å². The Morgan fingerprint density at radius 2 is 2.12 bits per heavy atom. The molecular weight excluding hydrogens is 485 g/mol. The summed E-state index contributed by atoms with van der Waals surface area (Å²) < 4.78 is 37.6. The van der Waals surface area contributed by atoms with Gasteiger partial charge in [0.1, 0.15) is 28.4 Å². The second-order valence-corrected chi connectivity index (χ2v) is 9.03. The molecule has 0 aliphatic carbocycles. The average Bonchev–Trinajstić information content (AvgIpc) is 3.23. The van der Waals surface area contributed by atoms with Gasteiger partial charge in [0, 0.05) is 23.2 Å². The van der Waals surface area contributed by atoms with Gasteiger partial charge in [0.15, 0.2) is 5.17 Å². The summed E-state index contributed by atoms with van der Waals surface area (Å²) in [6.45, 7) is 2.53. The van der Waals surface area contributed by atoms with E-state index in [2.05, 4.69) is 27.2 Å². The standard InChI is InChI=1S/C16H18N6O2S2.C2HF3O2/c1-9-4-10-5-26-15(17)22-16(10,7-24-9)14-21-12(6-25-14)20-13(23)11-2-3-18-8-19-11;3-2(4,5)1(6)7/h2-3,6,8-10H,4-5,7H2,1H3,(H2,17,22)(H,20,23);(H,6,7)/t9-,10-,16-;/m0./s1. The van der Waals surface area contributed by atoms with Crippen LogP contribution < -0.4 is 11.1 Å². The van der Waals surface area contributed by atoms with Crippen molar-refractivity contribution in [3.05, 3.63) is 34.7 Å². The number of carbonyl (C=O) groups is 2. The first kappa shape index (κ1) is 24.9. The fraction of sp³-hybridized carbons (Fsp3) is 0.444. The van der Waals surface area contributed by atoms with Crippen molar-refractivity contribution in [1.82, 2.24) is 15.0 Å². The lowest BCUT2D eigenvalue weighted by molar-refractivity contribution is -0.192. The number of amides is 1. The van der Waals surface area contributed by atoms with Crippen LogP contribution >= 0.6 is 23.1 Å². The molecule has 2 aromatic heterocycles. The third-order valence-electron chi connectivity index (χ3n) is 4.80. The van der Waals surface area contributed by atoms with Gasteiger partial charge >= 0.3 is 12.1 Å². The number of carboxylic acid groups (broad SMARTS) is 1. The Morgan fingerprint density at radius 1 is 1.39 bits per heavy atom. The monoisotopic (exact) mass is 504 g/mol. The van der Waals surface area contributed by atoms with Crippen molar-refractivity contribution in [2.24, 2.45) is 16.6 Å². The maximum Gasteiger partial charge on any atom is 0.490 e. The highest BCUT2D eigenvalue weighted by molar-refractivity contribution is 8.13. The van der Waals surface area contributed by atoms with Crippen molar-refractivity contribution < 1.29 is 32.6 Å². The summed E-state index contributed by atoms with van der Waals surface area (Å²) in [7, 11) is 0. The van der Waals surface area contributed by atoms with E-state index in [9.17, 15) is 18.0 Å². The van der Waals surface area contributed by atoms with Crippen molar-refractivity contribution in [2.45, 2.75) is 31.2 Å². The van der Waals surface area contributed by atoms with Crippen molar-refractivity contribution in [2.75, 3.05) is 17.7 Å². The second kappa shape index (κ2) is 10.0. The number of hydrogen-bond donors (Lipinski definition) is 3. The molecule has 2 aromatic rings. The molecule has 0 spiro atoms. The molecule has 0 saturated carbocycles. The van der Waals surface area contributed by atoms with Gasteiger partial charge in [0.25, 0.3) is 5.91 Å². The minimum atomic E-state index is -5.08. The Hall–Kier alpha value is -2.78. The number of anilines is 1. The quantitative estimate of drug-likeness (QED) is 0.572. The number of aromatic nitrogens is 3. The molecule has 33 heavy (non-hydrogen) atoms. The first-order chi connectivity index (χ1) is 15.5. The van der Waals surface area contributed by atoms with Crippen LogP contribution in [0.3, 0.4) is 0 Å². The molecule has 1 fully saturated rings. The molecule has 178 valence electrons. The molecule has 15 heteroatoms. The van der Waals surface area contributed by atoms with Crippen molar-refractivity contribution in [1.29, 1.82) is 0 Å². The topological polar surface area (TPSA) is 153 Å². The van der Waals surface area contributed by atoms with Crippen LogP contribution in [0, 0.1) is 5.92 Å². The number of nitrogens with two attached hydrogens (primary N) is 1. The number of carboxylic acids is 1. The lowest BCUT2D eigenvalue weighted by atomic mass is 9.80. The smallest absolute Gasteiger partial charge is 0.475 e. The van der Waals surface area contributed by atoms with Crippen LogP contribution in [-0.2, 0) is 15.1 Å². The Bertz CT molecular complexity index is 1040. The number of fused-ring (bicyclic) bond motifs is 1. The molecule has 3 atom stereocenters. The summed E-state index contributed by atoms with van der Waals surface area (Å²) in [5.74, 6) is -1.40. The summed E-state index contributed by atoms with van der Waals surface area (Å²) in [4.78, 5) is 38.3. The van der Waals surface area contributed by atoms with Gasteiger partial charge in [0.05, 0.1) is 12.7 Å². The third-order valence-corrected chi connectivity index (χ3v) is 6.76. The lowest BCUT2D eigenvalue weighted by Gasteiger charge is -2.44. The Kier molecular flexibility index (Phi) is 7.54. The van der Waals surface area contributed by atoms with E-state index in [0.29, 0.717) is 23.5 Å². The predicted octanol–water partition coefficient (Wildman–Crippen LogP) is 2.50. The molecule has 4 N–H and O–H groups in total. The van der Waals surface area contributed by atoms with E-state index < -0.39 is 17.7 Å². The van der Waals surface area contributed by atoms with Crippen LogP contribution in [-0.4, -0.2) is 61.7 Å². The number of thioether (sulfide) groups is 1. The third kappa shape index (κ3) is 5.97. The number of nitrogens with one attached hydrogen (secondary N) is 1. The van der Waals surface area contributed by atoms with Gasteiger partial charge in [-0.3, -0.25) is 4.79 Å². The normalized spacial score (nSPS) is 24.5. The molecule has 0 bridgehead atoms. The summed E-state index contributed by atoms with van der Waals surface area (Å²) in [6.07, 6.45) is -1.12. The van der Waals surface area contributed by atoms with Gasteiger partial charge in [-0.1, -0.05) is 11.8 Å². The highest BCUT2D eigenvalue weighted by atomic mass is 32.2. The maximum absolute atomic E-state index is 12.3. The Balaban J connectivity index is 0.000000383. The molecule has 4 heterocycles. The van der Waals surface area contributed by atoms with E-state index in [1.54, 1.807) is 17.8 Å². The fourth-order valence-electron chi connectivity index (χ4n) is 3.21. The number of aliphatic imine (C=N–C) groups is 1. The van der Waals surface area contributed by atoms with E-state index in [-0.39, 0.29) is 17.7 Å². The van der Waals surface area contributed by atoms with Crippen LogP contribution in [0.25, 0.3) is 0 Å². The Labute approximate surface area is 193 Å². The summed E-state index contributed by atoms with van der Waals surface area (Å²) in [5, 5.41) is 13.1. The highest BCUT2D eigenvalue weighted by Gasteiger charge is 2.49. The van der Waals surface area contributed by atoms with Crippen molar-refractivity contribution >= 4 is 46.0 Å². The van der Waals surface area contributed by atoms with Gasteiger partial charge in [0.2, 0.25) is 0 Å². The van der Waals surface area contributed by atoms with Gasteiger partial charge in [-0.15, -0.1) is 11.3 Å². The SMILES string of the molecule is C[C@H]1C[C@H]2CSC(N)=N[C@@]2(c2nc(NC(=O)c3ccncn3)cs2)CO1.O=C(O)C(F)(F)F. The van der Waals surface area contributed by atoms with Crippen LogP contribution in [0.15, 0.2) is 29.0 Å². The van der Waals surface area contributed by atoms with Gasteiger partial charge in [-0.2, -0.15) is 13.2 Å². The molecule has 10 nitrogen and oxygen atoms in total. The molecule has 1 saturated heterocycles. The second-order valence-electron chi connectivity index (χ2n) is 7.13. The summed E-state index contributed by atoms with van der Waals surface area (Å²) >= 11 is 3.04. The number of nitrogens with zero attached hydrogens (tertiary/aromatic N) is 4. The number of alkyl halides is 3. The molecule has 1 amide bonds. The minimum Gasteiger partial charge on any atom is -0.475 e. The maximum atomic E-state index is 12.3. The largest absolute Gasteiger partial charge is 0.490 e. The molecule has 2 aliphatic heterocycles. The summed E-state index contributed by atoms with van der Waals surface area (Å²) in [6, 6.07) is 1.55. The lowest BCUT2D eigenvalue weighted by Crippen LogP contribution is -2.49. The van der Waals surface area contributed by atoms with Crippen LogP contribution in [0.2, 0.25) is 0 Å². The zero-order valence-corrected chi connectivity index (χ0v) is 18.7. The number of carbonyl (C=O) groups excluding carboxylic acids is 1. The zero-order chi connectivity index (χ0) is 24.2. The van der Waals surface area contributed by atoms with Crippen molar-refractivity contribution in [3.63, 3.8) is 0 Å². The molecule has 0 radical (unpaired) electrons. The van der Waals surface area contributed by atoms with Gasteiger partial charge < -0.3 is 20.9 Å². The minimum absolute atomic E-state index is 0.195. The van der Waals surface area contributed by atoms with E-state index in [1.807, 2.05) is 5.38 Å². The number of thiazole rings is 1. The highest BCUT2D eigenvalue weighted by Crippen LogP contribution is 2.47. The summed E-state index contributed by atoms with van der Waals surface area (Å²) in [5.41, 5.74) is 5.74. The molecule has 0 aromatic carbocycles. The number of rotatable bonds is 3. The average molecular weight is 505 g/mol. The van der Waals surface area contributed by atoms with Gasteiger partial charge in [-0.05, 0) is 19.4 Å². The fourth-order valence-corrected chi connectivity index (χ4v) is 5.19. The Morgan fingerprint density at radius 3 is 2.76 bits per heavy atom. The molecule has 2 aliphatic rings. The predicted molar refractivity (Wildman–Crippen MR) is 115 cm³/mol. The first-order valence-electron chi connectivity index (χ1n) is 9.44. The van der Waals surface area contributed by atoms with Gasteiger partial charge in [-0.25, -0.2) is 24.7 Å². The van der Waals surface area contributed by atoms with E-state index in [1.165, 1.54) is 23.9 Å². The van der Waals surface area contributed by atoms with E-state index in [4.69, 9.17) is 25.4 Å². The molecular formula is C18H19F3N6O4S2. The number of amidine groups is 1. The molecule has 0 unspecified atom stereocenters. The van der Waals surface area contributed by atoms with Crippen molar-refractivity contribution in [3.8, 4) is 0 Å².